The van der Waals surface area contributed by atoms with Crippen LogP contribution in [-0.2, 0) is 10.0 Å². The Balaban J connectivity index is 1.82. The molecule has 0 bridgehead atoms. The van der Waals surface area contributed by atoms with E-state index < -0.39 is 10.0 Å². The molecule has 3 aromatic rings. The lowest BCUT2D eigenvalue weighted by molar-refractivity contribution is 0.414. The van der Waals surface area contributed by atoms with Crippen LogP contribution in [0.15, 0.2) is 46.7 Å². The summed E-state index contributed by atoms with van der Waals surface area (Å²) in [5, 5.41) is 10.7. The van der Waals surface area contributed by atoms with Crippen LogP contribution in [0.5, 0.6) is 5.75 Å². The van der Waals surface area contributed by atoms with E-state index in [-0.39, 0.29) is 10.0 Å². The molecular formula is C13H11N3O3S3. The van der Waals surface area contributed by atoms with Crippen molar-refractivity contribution < 1.29 is 13.2 Å². The van der Waals surface area contributed by atoms with E-state index in [1.54, 1.807) is 12.1 Å². The molecule has 1 aromatic carbocycles. The van der Waals surface area contributed by atoms with E-state index in [1.807, 2.05) is 17.5 Å². The summed E-state index contributed by atoms with van der Waals surface area (Å²) >= 11 is 2.72. The van der Waals surface area contributed by atoms with Gasteiger partial charge in [-0.05, 0) is 35.7 Å². The van der Waals surface area contributed by atoms with Crippen LogP contribution >= 0.6 is 22.7 Å². The molecule has 0 fully saturated rings. The standard InChI is InChI=1S/C13H11N3O3S3/c1-19-9-4-6-10(7-5-9)22(17,18)16-13-15-14-12(21-13)11-3-2-8-20-11/h2-8H,1H3,(H,15,16). The maximum Gasteiger partial charge on any atom is 0.263 e. The van der Waals surface area contributed by atoms with Crippen molar-refractivity contribution in [3.63, 3.8) is 0 Å². The molecule has 0 unspecified atom stereocenters. The molecular weight excluding hydrogens is 342 g/mol. The van der Waals surface area contributed by atoms with Gasteiger partial charge in [-0.3, -0.25) is 4.72 Å². The van der Waals surface area contributed by atoms with Crippen LogP contribution in [0.4, 0.5) is 5.13 Å². The average molecular weight is 353 g/mol. The van der Waals surface area contributed by atoms with Gasteiger partial charge in [-0.2, -0.15) is 0 Å². The molecule has 0 spiro atoms. The van der Waals surface area contributed by atoms with E-state index in [1.165, 1.54) is 41.9 Å². The number of sulfonamides is 1. The highest BCUT2D eigenvalue weighted by Crippen LogP contribution is 2.30. The van der Waals surface area contributed by atoms with Crippen LogP contribution in [0, 0.1) is 0 Å². The second-order valence-electron chi connectivity index (χ2n) is 4.17. The van der Waals surface area contributed by atoms with E-state index in [0.717, 1.165) is 4.88 Å². The van der Waals surface area contributed by atoms with Crippen LogP contribution < -0.4 is 9.46 Å². The molecule has 22 heavy (non-hydrogen) atoms. The maximum atomic E-state index is 12.3. The molecule has 0 radical (unpaired) electrons. The number of nitrogens with one attached hydrogen (secondary N) is 1. The number of methoxy groups -OCH3 is 1. The predicted octanol–water partition coefficient (Wildman–Crippen LogP) is 3.08. The van der Waals surface area contributed by atoms with Crippen molar-refractivity contribution in [1.82, 2.24) is 10.2 Å². The highest BCUT2D eigenvalue weighted by Gasteiger charge is 2.17. The van der Waals surface area contributed by atoms with Gasteiger partial charge >= 0.3 is 0 Å². The van der Waals surface area contributed by atoms with Crippen molar-refractivity contribution in [1.29, 1.82) is 0 Å². The molecule has 0 aliphatic heterocycles. The number of nitrogens with zero attached hydrogens (tertiary/aromatic N) is 2. The minimum atomic E-state index is -3.69. The lowest BCUT2D eigenvalue weighted by Crippen LogP contribution is -2.12. The summed E-state index contributed by atoms with van der Waals surface area (Å²) in [6.07, 6.45) is 0. The first kappa shape index (κ1) is 14.9. The SMILES string of the molecule is COc1ccc(S(=O)(=O)Nc2nnc(-c3cccs3)s2)cc1. The molecule has 0 saturated heterocycles. The topological polar surface area (TPSA) is 81.2 Å². The Morgan fingerprint density at radius 3 is 2.55 bits per heavy atom. The Labute approximate surface area is 135 Å². The number of hydrogen-bond donors (Lipinski definition) is 1. The van der Waals surface area contributed by atoms with Gasteiger partial charge in [-0.25, -0.2) is 8.42 Å². The first-order valence-electron chi connectivity index (χ1n) is 6.13. The van der Waals surface area contributed by atoms with Crippen LogP contribution in [0.2, 0.25) is 0 Å². The molecule has 0 aliphatic carbocycles. The van der Waals surface area contributed by atoms with Gasteiger partial charge in [-0.15, -0.1) is 21.5 Å². The van der Waals surface area contributed by atoms with Crippen LogP contribution in [0.3, 0.4) is 0 Å². The van der Waals surface area contributed by atoms with Gasteiger partial charge in [0.2, 0.25) is 5.13 Å². The second kappa shape index (κ2) is 6.03. The van der Waals surface area contributed by atoms with Crippen LogP contribution in [-0.4, -0.2) is 25.7 Å². The highest BCUT2D eigenvalue weighted by molar-refractivity contribution is 7.93. The second-order valence-corrected chi connectivity index (χ2v) is 7.78. The van der Waals surface area contributed by atoms with Crippen molar-refractivity contribution in [2.24, 2.45) is 0 Å². The van der Waals surface area contributed by atoms with Gasteiger partial charge < -0.3 is 4.74 Å². The predicted molar refractivity (Wildman–Crippen MR) is 87.0 cm³/mol. The molecule has 0 amide bonds. The first-order chi connectivity index (χ1) is 10.6. The van der Waals surface area contributed by atoms with Gasteiger partial charge in [0.15, 0.2) is 5.01 Å². The third-order valence-corrected chi connectivity index (χ3v) is 6.11. The van der Waals surface area contributed by atoms with E-state index in [0.29, 0.717) is 10.8 Å². The zero-order valence-electron chi connectivity index (χ0n) is 11.4. The molecule has 0 aliphatic rings. The molecule has 6 nitrogen and oxygen atoms in total. The molecule has 2 aromatic heterocycles. The Morgan fingerprint density at radius 2 is 1.91 bits per heavy atom. The molecule has 2 heterocycles. The number of hydrogen-bond acceptors (Lipinski definition) is 7. The first-order valence-corrected chi connectivity index (χ1v) is 9.31. The number of rotatable bonds is 5. The van der Waals surface area contributed by atoms with Crippen molar-refractivity contribution in [2.75, 3.05) is 11.8 Å². The van der Waals surface area contributed by atoms with Gasteiger partial charge in [0.1, 0.15) is 5.75 Å². The molecule has 3 rings (SSSR count). The summed E-state index contributed by atoms with van der Waals surface area (Å²) in [4.78, 5) is 1.09. The number of ether oxygens (including phenoxy) is 1. The largest absolute Gasteiger partial charge is 0.497 e. The molecule has 0 saturated carbocycles. The van der Waals surface area contributed by atoms with E-state index in [9.17, 15) is 8.42 Å². The minimum absolute atomic E-state index is 0.140. The third kappa shape index (κ3) is 3.11. The Bertz CT molecular complexity index is 856. The molecule has 9 heteroatoms. The summed E-state index contributed by atoms with van der Waals surface area (Å²) in [5.74, 6) is 0.592. The number of thiophene rings is 1. The van der Waals surface area contributed by atoms with Crippen LogP contribution in [0.1, 0.15) is 0 Å². The molecule has 0 atom stereocenters. The van der Waals surface area contributed by atoms with E-state index in [4.69, 9.17) is 4.74 Å². The van der Waals surface area contributed by atoms with Crippen molar-refractivity contribution in [3.05, 3.63) is 41.8 Å². The molecule has 114 valence electrons. The smallest absolute Gasteiger partial charge is 0.263 e. The maximum absolute atomic E-state index is 12.3. The fraction of sp³-hybridized carbons (Fsp3) is 0.0769. The quantitative estimate of drug-likeness (QED) is 0.762. The Kier molecular flexibility index (Phi) is 4.10. The number of benzene rings is 1. The summed E-state index contributed by atoms with van der Waals surface area (Å²) < 4.78 is 32.0. The Hall–Kier alpha value is -1.97. The molecule has 1 N–H and O–H groups in total. The third-order valence-electron chi connectivity index (χ3n) is 2.75. The van der Waals surface area contributed by atoms with Crippen LogP contribution in [0.25, 0.3) is 9.88 Å². The van der Waals surface area contributed by atoms with Gasteiger partial charge in [0.05, 0.1) is 16.9 Å². The zero-order chi connectivity index (χ0) is 15.6. The lowest BCUT2D eigenvalue weighted by Gasteiger charge is -2.05. The van der Waals surface area contributed by atoms with Gasteiger partial charge in [-0.1, -0.05) is 17.4 Å². The summed E-state index contributed by atoms with van der Waals surface area (Å²) in [6.45, 7) is 0. The average Bonchev–Trinajstić information content (AvgIpc) is 3.18. The summed E-state index contributed by atoms with van der Waals surface area (Å²) in [7, 11) is -2.17. The summed E-state index contributed by atoms with van der Waals surface area (Å²) in [5.41, 5.74) is 0. The van der Waals surface area contributed by atoms with Crippen molar-refractivity contribution >= 4 is 37.8 Å². The minimum Gasteiger partial charge on any atom is -0.497 e. The zero-order valence-corrected chi connectivity index (χ0v) is 13.8. The number of aromatic nitrogens is 2. The van der Waals surface area contributed by atoms with Gasteiger partial charge in [0, 0.05) is 0 Å². The van der Waals surface area contributed by atoms with Crippen molar-refractivity contribution in [3.8, 4) is 15.6 Å². The monoisotopic (exact) mass is 353 g/mol. The Morgan fingerprint density at radius 1 is 1.14 bits per heavy atom. The van der Waals surface area contributed by atoms with E-state index >= 15 is 0 Å². The van der Waals surface area contributed by atoms with Crippen molar-refractivity contribution in [2.45, 2.75) is 4.90 Å². The fourth-order valence-electron chi connectivity index (χ4n) is 1.69. The summed E-state index contributed by atoms with van der Waals surface area (Å²) in [6, 6.07) is 9.94. The normalized spacial score (nSPS) is 11.3. The highest BCUT2D eigenvalue weighted by atomic mass is 32.2. The fourth-order valence-corrected chi connectivity index (χ4v) is 4.46. The van der Waals surface area contributed by atoms with E-state index in [2.05, 4.69) is 14.9 Å². The van der Waals surface area contributed by atoms with Gasteiger partial charge in [0.25, 0.3) is 10.0 Å². The lowest BCUT2D eigenvalue weighted by atomic mass is 10.3. The number of anilines is 1.